The van der Waals surface area contributed by atoms with Crippen LogP contribution in [0.25, 0.3) is 0 Å². The maximum absolute atomic E-state index is 13.5. The minimum absolute atomic E-state index is 0.0712. The number of benzene rings is 2. The van der Waals surface area contributed by atoms with Crippen molar-refractivity contribution in [3.05, 3.63) is 54.1 Å². The van der Waals surface area contributed by atoms with E-state index in [0.717, 1.165) is 38.5 Å². The van der Waals surface area contributed by atoms with Crippen LogP contribution in [0.15, 0.2) is 53.4 Å². The van der Waals surface area contributed by atoms with Gasteiger partial charge in [-0.15, -0.1) is 0 Å². The van der Waals surface area contributed by atoms with Crippen LogP contribution in [0.4, 0.5) is 0 Å². The molecule has 44 heavy (non-hydrogen) atoms. The fourth-order valence-corrected chi connectivity index (χ4v) is 8.51. The Labute approximate surface area is 264 Å². The summed E-state index contributed by atoms with van der Waals surface area (Å²) in [6, 6.07) is 15.6. The fraction of sp³-hybridized carbons (Fsp3) is 0.618. The molecule has 1 aliphatic heterocycles. The molecule has 2 aromatic rings. The number of hydrogen-bond donors (Lipinski definition) is 1. The third kappa shape index (κ3) is 9.19. The lowest BCUT2D eigenvalue weighted by Gasteiger charge is -2.37. The number of carbonyl (C=O) groups excluding carboxylic acids is 1. The summed E-state index contributed by atoms with van der Waals surface area (Å²) in [5.41, 5.74) is 1.40. The first-order valence-corrected chi connectivity index (χ1v) is 17.5. The van der Waals surface area contributed by atoms with Crippen molar-refractivity contribution in [1.82, 2.24) is 14.5 Å². The molecule has 4 rings (SSSR count). The number of aryl methyl sites for hydroxylation is 1. The van der Waals surface area contributed by atoms with E-state index in [4.69, 9.17) is 14.2 Å². The molecular formula is C34H51N3O6S. The summed E-state index contributed by atoms with van der Waals surface area (Å²) in [5, 5.41) is 3.06. The number of nitrogens with zero attached hydrogens (tertiary/aromatic N) is 2. The number of sulfonamides is 1. The van der Waals surface area contributed by atoms with Crippen molar-refractivity contribution >= 4 is 15.9 Å². The highest BCUT2D eigenvalue weighted by atomic mass is 32.2. The summed E-state index contributed by atoms with van der Waals surface area (Å²) >= 11 is 0. The number of amides is 1. The monoisotopic (exact) mass is 629 g/mol. The Kier molecular flexibility index (Phi) is 12.9. The Hall–Kier alpha value is -2.66. The van der Waals surface area contributed by atoms with E-state index >= 15 is 0 Å². The maximum atomic E-state index is 13.5. The second-order valence-corrected chi connectivity index (χ2v) is 14.3. The first-order chi connectivity index (χ1) is 21.2. The van der Waals surface area contributed by atoms with Gasteiger partial charge in [0.25, 0.3) is 0 Å². The van der Waals surface area contributed by atoms with Crippen LogP contribution in [-0.4, -0.2) is 90.2 Å². The molecule has 2 aromatic carbocycles. The number of piperidine rings is 1. The number of carbonyl (C=O) groups is 1. The van der Waals surface area contributed by atoms with Gasteiger partial charge in [0.15, 0.2) is 11.5 Å². The van der Waals surface area contributed by atoms with Gasteiger partial charge in [0.05, 0.1) is 25.7 Å². The molecule has 0 aromatic heterocycles. The van der Waals surface area contributed by atoms with Gasteiger partial charge >= 0.3 is 0 Å². The number of methoxy groups -OCH3 is 2. The molecule has 10 heteroatoms. The largest absolute Gasteiger partial charge is 0.493 e. The van der Waals surface area contributed by atoms with Gasteiger partial charge in [-0.3, -0.25) is 4.79 Å². The second-order valence-electron chi connectivity index (χ2n) is 12.4. The Morgan fingerprint density at radius 1 is 0.977 bits per heavy atom. The van der Waals surface area contributed by atoms with E-state index in [0.29, 0.717) is 48.9 Å². The predicted molar refractivity (Wildman–Crippen MR) is 173 cm³/mol. The van der Waals surface area contributed by atoms with E-state index in [2.05, 4.69) is 54.6 Å². The minimum Gasteiger partial charge on any atom is -0.493 e. The highest BCUT2D eigenvalue weighted by molar-refractivity contribution is 7.89. The van der Waals surface area contributed by atoms with Gasteiger partial charge in [-0.2, -0.15) is 4.31 Å². The maximum Gasteiger partial charge on any atom is 0.246 e. The van der Waals surface area contributed by atoms with Crippen LogP contribution in [0.2, 0.25) is 0 Å². The van der Waals surface area contributed by atoms with E-state index in [-0.39, 0.29) is 30.1 Å². The van der Waals surface area contributed by atoms with Crippen molar-refractivity contribution in [2.45, 2.75) is 74.8 Å². The third-order valence-corrected chi connectivity index (χ3v) is 11.3. The van der Waals surface area contributed by atoms with Crippen molar-refractivity contribution in [2.24, 2.45) is 11.8 Å². The quantitative estimate of drug-likeness (QED) is 0.304. The lowest BCUT2D eigenvalue weighted by molar-refractivity contribution is -0.126. The average Bonchev–Trinajstić information content (AvgIpc) is 3.04. The van der Waals surface area contributed by atoms with Crippen LogP contribution >= 0.6 is 0 Å². The minimum atomic E-state index is -3.76. The first kappa shape index (κ1) is 34.2. The molecule has 1 heterocycles. The highest BCUT2D eigenvalue weighted by Crippen LogP contribution is 2.34. The van der Waals surface area contributed by atoms with E-state index < -0.39 is 10.0 Å². The van der Waals surface area contributed by atoms with E-state index in [9.17, 15) is 13.2 Å². The first-order valence-electron chi connectivity index (χ1n) is 16.0. The molecule has 1 saturated carbocycles. The van der Waals surface area contributed by atoms with Crippen LogP contribution in [0, 0.1) is 11.8 Å². The smallest absolute Gasteiger partial charge is 0.246 e. The SMILES string of the molecule is COc1ccc(S(=O)(=O)N2CCCCC2COCC(=O)NCC2CCC(C(CCc3ccccc3)N(C)C)CC2)cc1OC. The summed E-state index contributed by atoms with van der Waals surface area (Å²) in [5.74, 6) is 1.85. The average molecular weight is 630 g/mol. The molecule has 2 fully saturated rings. The lowest BCUT2D eigenvalue weighted by atomic mass is 9.76. The molecule has 0 spiro atoms. The molecule has 2 unspecified atom stereocenters. The van der Waals surface area contributed by atoms with Crippen LogP contribution < -0.4 is 14.8 Å². The predicted octanol–water partition coefficient (Wildman–Crippen LogP) is 4.75. The van der Waals surface area contributed by atoms with E-state index in [1.165, 1.54) is 49.1 Å². The Bertz CT molecular complexity index is 1280. The van der Waals surface area contributed by atoms with Crippen LogP contribution in [0.3, 0.4) is 0 Å². The van der Waals surface area contributed by atoms with Crippen LogP contribution in [0.5, 0.6) is 11.5 Å². The van der Waals surface area contributed by atoms with Gasteiger partial charge in [0, 0.05) is 31.2 Å². The summed E-state index contributed by atoms with van der Waals surface area (Å²) in [4.78, 5) is 15.2. The van der Waals surface area contributed by atoms with Crippen molar-refractivity contribution in [3.63, 3.8) is 0 Å². The van der Waals surface area contributed by atoms with E-state index in [1.807, 2.05) is 0 Å². The lowest BCUT2D eigenvalue weighted by Crippen LogP contribution is -2.46. The standard InChI is InChI=1S/C34H51N3O6S/c1-36(2)31(19-15-26-10-6-5-7-11-26)28-16-13-27(14-17-28)23-35-34(38)25-43-24-29-12-8-9-21-37(29)44(39,40)30-18-20-32(41-3)33(22-30)42-4/h5-7,10-11,18,20,22,27-29,31H,8-9,12-17,19,21,23-25H2,1-4H3,(H,35,38). The van der Waals surface area contributed by atoms with Crippen molar-refractivity contribution in [2.75, 3.05) is 54.6 Å². The Morgan fingerprint density at radius 3 is 2.39 bits per heavy atom. The normalized spacial score (nSPS) is 22.0. The molecule has 2 atom stereocenters. The zero-order valence-electron chi connectivity index (χ0n) is 26.9. The molecule has 0 bridgehead atoms. The summed E-state index contributed by atoms with van der Waals surface area (Å²) in [6.45, 7) is 1.19. The van der Waals surface area contributed by atoms with Crippen LogP contribution in [0.1, 0.15) is 56.9 Å². The van der Waals surface area contributed by atoms with Gasteiger partial charge in [0.1, 0.15) is 6.61 Å². The third-order valence-electron chi connectivity index (χ3n) is 9.34. The summed E-state index contributed by atoms with van der Waals surface area (Å²) < 4.78 is 44.9. The zero-order valence-corrected chi connectivity index (χ0v) is 27.7. The van der Waals surface area contributed by atoms with E-state index in [1.54, 1.807) is 6.07 Å². The molecule has 1 saturated heterocycles. The number of ether oxygens (including phenoxy) is 3. The van der Waals surface area contributed by atoms with Gasteiger partial charge in [-0.25, -0.2) is 8.42 Å². The highest BCUT2D eigenvalue weighted by Gasteiger charge is 2.34. The Morgan fingerprint density at radius 2 is 1.70 bits per heavy atom. The molecular weight excluding hydrogens is 578 g/mol. The molecule has 0 radical (unpaired) electrons. The topological polar surface area (TPSA) is 97.4 Å². The van der Waals surface area contributed by atoms with Gasteiger partial charge in [0.2, 0.25) is 15.9 Å². The zero-order chi connectivity index (χ0) is 31.5. The molecule has 1 amide bonds. The number of rotatable bonds is 15. The van der Waals surface area contributed by atoms with Gasteiger partial charge in [-0.05, 0) is 95.0 Å². The van der Waals surface area contributed by atoms with Crippen molar-refractivity contribution in [3.8, 4) is 11.5 Å². The molecule has 1 aliphatic carbocycles. The van der Waals surface area contributed by atoms with Gasteiger partial charge in [-0.1, -0.05) is 36.8 Å². The molecule has 2 aliphatic rings. The molecule has 1 N–H and O–H groups in total. The second kappa shape index (κ2) is 16.6. The van der Waals surface area contributed by atoms with Gasteiger partial charge < -0.3 is 24.4 Å². The molecule has 9 nitrogen and oxygen atoms in total. The molecule has 244 valence electrons. The Balaban J connectivity index is 1.20. The summed E-state index contributed by atoms with van der Waals surface area (Å²) in [7, 11) is 3.62. The van der Waals surface area contributed by atoms with Crippen molar-refractivity contribution < 1.29 is 27.4 Å². The van der Waals surface area contributed by atoms with Crippen molar-refractivity contribution in [1.29, 1.82) is 0 Å². The number of hydrogen-bond acceptors (Lipinski definition) is 7. The fourth-order valence-electron chi connectivity index (χ4n) is 6.82. The number of nitrogens with one attached hydrogen (secondary N) is 1. The van der Waals surface area contributed by atoms with Crippen LogP contribution in [-0.2, 0) is 26.0 Å². The summed E-state index contributed by atoms with van der Waals surface area (Å²) in [6.07, 6.45) is 9.25.